The third kappa shape index (κ3) is 5.70. The van der Waals surface area contributed by atoms with Gasteiger partial charge in [-0.15, -0.1) is 12.4 Å². The Morgan fingerprint density at radius 2 is 1.97 bits per heavy atom. The number of nitrogens with zero attached hydrogens (tertiary/aromatic N) is 4. The van der Waals surface area contributed by atoms with Crippen LogP contribution in [0.1, 0.15) is 6.42 Å². The number of imidazole rings is 1. The largest absolute Gasteiger partial charge is 0.497 e. The van der Waals surface area contributed by atoms with Gasteiger partial charge >= 0.3 is 0 Å². The van der Waals surface area contributed by atoms with E-state index in [1.54, 1.807) is 54.9 Å². The molecule has 0 saturated heterocycles. The van der Waals surface area contributed by atoms with Gasteiger partial charge in [-0.1, -0.05) is 29.0 Å². The maximum Gasteiger partial charge on any atom is 0.266 e. The number of methoxy groups -OCH3 is 1. The molecular formula is C22H22Cl2N4O3S. The van der Waals surface area contributed by atoms with Crippen molar-refractivity contribution in [1.29, 1.82) is 0 Å². The number of fused-ring (bicyclic) bond motifs is 1. The van der Waals surface area contributed by atoms with E-state index in [1.165, 1.54) is 11.3 Å². The van der Waals surface area contributed by atoms with Crippen molar-refractivity contribution in [2.24, 2.45) is 0 Å². The second kappa shape index (κ2) is 11.2. The summed E-state index contributed by atoms with van der Waals surface area (Å²) in [6.07, 6.45) is 6.14. The van der Waals surface area contributed by atoms with Crippen LogP contribution in [0.5, 0.6) is 11.5 Å². The molecule has 0 radical (unpaired) electrons. The maximum atomic E-state index is 13.1. The van der Waals surface area contributed by atoms with Crippen molar-refractivity contribution in [3.63, 3.8) is 0 Å². The molecule has 0 atom stereocenters. The van der Waals surface area contributed by atoms with Crippen LogP contribution in [0.15, 0.2) is 61.2 Å². The van der Waals surface area contributed by atoms with Gasteiger partial charge in [0.2, 0.25) is 0 Å². The zero-order chi connectivity index (χ0) is 21.6. The van der Waals surface area contributed by atoms with Crippen molar-refractivity contribution in [2.45, 2.75) is 13.0 Å². The number of amides is 1. The minimum atomic E-state index is -0.170. The Morgan fingerprint density at radius 1 is 1.19 bits per heavy atom. The molecule has 0 aliphatic rings. The normalized spacial score (nSPS) is 10.6. The summed E-state index contributed by atoms with van der Waals surface area (Å²) >= 11 is 7.73. The van der Waals surface area contributed by atoms with Crippen LogP contribution in [0.3, 0.4) is 0 Å². The number of aromatic nitrogens is 3. The van der Waals surface area contributed by atoms with Crippen LogP contribution in [-0.2, 0) is 11.3 Å². The molecule has 168 valence electrons. The molecule has 2 aromatic carbocycles. The second-order valence-corrected chi connectivity index (χ2v) is 8.16. The average Bonchev–Trinajstić information content (AvgIpc) is 3.46. The number of aryl methyl sites for hydroxylation is 1. The molecule has 4 rings (SSSR count). The van der Waals surface area contributed by atoms with Crippen molar-refractivity contribution in [2.75, 3.05) is 25.2 Å². The molecule has 0 saturated carbocycles. The molecule has 0 aliphatic carbocycles. The number of para-hydroxylation sites is 1. The molecule has 2 aromatic heterocycles. The number of hydrogen-bond acceptors (Lipinski definition) is 6. The van der Waals surface area contributed by atoms with Gasteiger partial charge in [0.1, 0.15) is 17.0 Å². The molecule has 0 fully saturated rings. The Bertz CT molecular complexity index is 1150. The predicted octanol–water partition coefficient (Wildman–Crippen LogP) is 5.08. The number of carbonyl (C=O) groups is 1. The Labute approximate surface area is 201 Å². The highest BCUT2D eigenvalue weighted by atomic mass is 35.5. The van der Waals surface area contributed by atoms with E-state index in [2.05, 4.69) is 9.97 Å². The van der Waals surface area contributed by atoms with Gasteiger partial charge in [0, 0.05) is 25.5 Å². The molecule has 0 aliphatic heterocycles. The molecule has 10 heteroatoms. The van der Waals surface area contributed by atoms with E-state index in [0.29, 0.717) is 28.0 Å². The van der Waals surface area contributed by atoms with Gasteiger partial charge < -0.3 is 14.0 Å². The van der Waals surface area contributed by atoms with E-state index < -0.39 is 0 Å². The minimum absolute atomic E-state index is 0. The zero-order valence-electron chi connectivity index (χ0n) is 17.3. The van der Waals surface area contributed by atoms with E-state index in [-0.39, 0.29) is 24.9 Å². The fraction of sp³-hybridized carbons (Fsp3) is 0.227. The second-order valence-electron chi connectivity index (χ2n) is 6.75. The highest BCUT2D eigenvalue weighted by Gasteiger charge is 2.21. The van der Waals surface area contributed by atoms with Crippen molar-refractivity contribution in [3.8, 4) is 11.5 Å². The first-order chi connectivity index (χ1) is 15.1. The number of thiazole rings is 1. The van der Waals surface area contributed by atoms with Crippen molar-refractivity contribution in [3.05, 3.63) is 66.2 Å². The molecule has 4 aromatic rings. The van der Waals surface area contributed by atoms with Gasteiger partial charge in [-0.2, -0.15) is 0 Å². The van der Waals surface area contributed by atoms with Gasteiger partial charge in [0.25, 0.3) is 5.91 Å². The molecule has 0 N–H and O–H groups in total. The molecule has 32 heavy (non-hydrogen) atoms. The molecule has 2 heterocycles. The summed E-state index contributed by atoms with van der Waals surface area (Å²) in [5, 5.41) is 1.18. The van der Waals surface area contributed by atoms with Gasteiger partial charge in [-0.25, -0.2) is 9.97 Å². The third-order valence-corrected chi connectivity index (χ3v) is 6.02. The highest BCUT2D eigenvalue weighted by Crippen LogP contribution is 2.33. The number of hydrogen-bond donors (Lipinski definition) is 0. The van der Waals surface area contributed by atoms with Crippen molar-refractivity contribution >= 4 is 56.6 Å². The summed E-state index contributed by atoms with van der Waals surface area (Å²) in [4.78, 5) is 23.4. The van der Waals surface area contributed by atoms with Crippen LogP contribution in [0.25, 0.3) is 10.2 Å². The number of halogens is 2. The summed E-state index contributed by atoms with van der Waals surface area (Å²) in [6, 6.07) is 12.7. The van der Waals surface area contributed by atoms with Crippen LogP contribution < -0.4 is 14.4 Å². The molecule has 0 bridgehead atoms. The fourth-order valence-corrected chi connectivity index (χ4v) is 4.38. The fourth-order valence-electron chi connectivity index (χ4n) is 3.07. The van der Waals surface area contributed by atoms with Crippen molar-refractivity contribution in [1.82, 2.24) is 14.5 Å². The number of ether oxygens (including phenoxy) is 2. The standard InChI is InChI=1S/C22H21ClN4O3S.ClH/c1-29-16-6-8-17(9-7-16)30-14-20(28)27(12-3-11-26-13-10-24-15-26)22-25-21-18(23)4-2-5-19(21)31-22;/h2,4-10,13,15H,3,11-12,14H2,1H3;1H. The van der Waals surface area contributed by atoms with Crippen LogP contribution in [0, 0.1) is 0 Å². The Hall–Kier alpha value is -2.81. The highest BCUT2D eigenvalue weighted by molar-refractivity contribution is 7.22. The van der Waals surface area contributed by atoms with Gasteiger partial charge in [0.15, 0.2) is 11.7 Å². The lowest BCUT2D eigenvalue weighted by atomic mass is 10.3. The predicted molar refractivity (Wildman–Crippen MR) is 130 cm³/mol. The summed E-state index contributed by atoms with van der Waals surface area (Å²) in [5.41, 5.74) is 0.702. The lowest BCUT2D eigenvalue weighted by Crippen LogP contribution is -2.36. The lowest BCUT2D eigenvalue weighted by molar-refractivity contribution is -0.120. The monoisotopic (exact) mass is 492 g/mol. The van der Waals surface area contributed by atoms with E-state index in [0.717, 1.165) is 23.4 Å². The van der Waals surface area contributed by atoms with E-state index >= 15 is 0 Å². The van der Waals surface area contributed by atoms with Crippen LogP contribution >= 0.6 is 35.3 Å². The third-order valence-electron chi connectivity index (χ3n) is 4.67. The first kappa shape index (κ1) is 23.8. The summed E-state index contributed by atoms with van der Waals surface area (Å²) < 4.78 is 13.8. The number of rotatable bonds is 9. The first-order valence-electron chi connectivity index (χ1n) is 9.72. The Balaban J connectivity index is 0.00000289. The first-order valence-corrected chi connectivity index (χ1v) is 10.9. The summed E-state index contributed by atoms with van der Waals surface area (Å²) in [6.45, 7) is 1.15. The summed E-state index contributed by atoms with van der Waals surface area (Å²) in [7, 11) is 1.60. The van der Waals surface area contributed by atoms with E-state index in [4.69, 9.17) is 21.1 Å². The van der Waals surface area contributed by atoms with Gasteiger partial charge in [-0.05, 0) is 42.8 Å². The maximum absolute atomic E-state index is 13.1. The molecule has 0 spiro atoms. The SMILES string of the molecule is COc1ccc(OCC(=O)N(CCCn2ccnc2)c2nc3c(Cl)cccc3s2)cc1.Cl. The van der Waals surface area contributed by atoms with Gasteiger partial charge in [0.05, 0.1) is 23.2 Å². The molecular weight excluding hydrogens is 471 g/mol. The Kier molecular flexibility index (Phi) is 8.33. The summed E-state index contributed by atoms with van der Waals surface area (Å²) in [5.74, 6) is 1.16. The van der Waals surface area contributed by atoms with Crippen molar-refractivity contribution < 1.29 is 14.3 Å². The number of anilines is 1. The smallest absolute Gasteiger partial charge is 0.266 e. The molecule has 7 nitrogen and oxygen atoms in total. The number of benzene rings is 2. The van der Waals surface area contributed by atoms with Gasteiger partial charge in [-0.3, -0.25) is 9.69 Å². The quantitative estimate of drug-likeness (QED) is 0.325. The van der Waals surface area contributed by atoms with Crippen LogP contribution in [0.4, 0.5) is 5.13 Å². The molecule has 0 unspecified atom stereocenters. The lowest BCUT2D eigenvalue weighted by Gasteiger charge is -2.20. The average molecular weight is 493 g/mol. The van der Waals surface area contributed by atoms with Crippen LogP contribution in [0.2, 0.25) is 5.02 Å². The number of carbonyl (C=O) groups excluding carboxylic acids is 1. The van der Waals surface area contributed by atoms with E-state index in [1.807, 2.05) is 22.9 Å². The minimum Gasteiger partial charge on any atom is -0.497 e. The van der Waals surface area contributed by atoms with E-state index in [9.17, 15) is 4.79 Å². The molecule has 1 amide bonds. The van der Waals surface area contributed by atoms with Crippen LogP contribution in [-0.4, -0.2) is 40.7 Å². The topological polar surface area (TPSA) is 69.5 Å². The Morgan fingerprint density at radius 3 is 2.66 bits per heavy atom. The zero-order valence-corrected chi connectivity index (χ0v) is 19.7.